The number of sulfone groups is 1. The van der Waals surface area contributed by atoms with Crippen LogP contribution in [0.25, 0.3) is 0 Å². The van der Waals surface area contributed by atoms with Gasteiger partial charge in [-0.2, -0.15) is 0 Å². The van der Waals surface area contributed by atoms with Gasteiger partial charge < -0.3 is 16.0 Å². The van der Waals surface area contributed by atoms with Gasteiger partial charge in [0, 0.05) is 25.9 Å². The molecule has 1 aliphatic heterocycles. The van der Waals surface area contributed by atoms with Crippen LogP contribution in [0, 0.1) is 0 Å². The van der Waals surface area contributed by atoms with E-state index in [-0.39, 0.29) is 13.1 Å². The number of carbonyl (C=O) groups is 2. The molecule has 8 heteroatoms. The second kappa shape index (κ2) is 5.01. The Bertz CT molecular complexity index is 420. The number of hydrogen-bond acceptors (Lipinski definition) is 5. The number of amides is 2. The molecule has 0 spiro atoms. The van der Waals surface area contributed by atoms with Gasteiger partial charge >= 0.3 is 0 Å². The van der Waals surface area contributed by atoms with E-state index in [0.29, 0.717) is 6.54 Å². The predicted molar refractivity (Wildman–Crippen MR) is 61.9 cm³/mol. The van der Waals surface area contributed by atoms with Crippen molar-refractivity contribution < 1.29 is 18.0 Å². The standard InChI is InChI=1S/C9H17N3O4S/c1-6(17(2,15)16)9(14)12-4-3-11-5-7(12)8(10)13/h6-7,11H,3-5H2,1-2H3,(H2,10,13). The minimum Gasteiger partial charge on any atom is -0.368 e. The molecule has 1 saturated heterocycles. The van der Waals surface area contributed by atoms with Crippen LogP contribution < -0.4 is 11.1 Å². The number of hydrogen-bond donors (Lipinski definition) is 2. The maximum atomic E-state index is 12.0. The molecule has 0 aromatic rings. The summed E-state index contributed by atoms with van der Waals surface area (Å²) in [5, 5.41) is 1.78. The summed E-state index contributed by atoms with van der Waals surface area (Å²) in [6, 6.07) is -0.777. The molecule has 0 aromatic carbocycles. The summed E-state index contributed by atoms with van der Waals surface area (Å²) in [7, 11) is -3.46. The molecular formula is C9H17N3O4S. The molecule has 2 atom stereocenters. The quantitative estimate of drug-likeness (QED) is 0.595. The minimum absolute atomic E-state index is 0.261. The van der Waals surface area contributed by atoms with Gasteiger partial charge in [0.2, 0.25) is 11.8 Å². The van der Waals surface area contributed by atoms with Crippen LogP contribution in [0.15, 0.2) is 0 Å². The summed E-state index contributed by atoms with van der Waals surface area (Å²) in [5.41, 5.74) is 5.18. The maximum absolute atomic E-state index is 12.0. The fourth-order valence-electron chi connectivity index (χ4n) is 1.64. The summed E-state index contributed by atoms with van der Waals surface area (Å²) in [6.45, 7) is 2.38. The third-order valence-corrected chi connectivity index (χ3v) is 4.33. The molecule has 1 heterocycles. The Balaban J connectivity index is 2.89. The van der Waals surface area contributed by atoms with Crippen molar-refractivity contribution in [2.75, 3.05) is 25.9 Å². The van der Waals surface area contributed by atoms with Crippen molar-refractivity contribution >= 4 is 21.7 Å². The number of nitrogens with two attached hydrogens (primary N) is 1. The van der Waals surface area contributed by atoms with Crippen LogP contribution in [-0.4, -0.2) is 62.3 Å². The Hall–Kier alpha value is -1.15. The Morgan fingerprint density at radius 1 is 1.47 bits per heavy atom. The lowest BCUT2D eigenvalue weighted by molar-refractivity contribution is -0.139. The molecule has 0 radical (unpaired) electrons. The smallest absolute Gasteiger partial charge is 0.241 e. The highest BCUT2D eigenvalue weighted by atomic mass is 32.2. The Morgan fingerprint density at radius 3 is 2.53 bits per heavy atom. The van der Waals surface area contributed by atoms with E-state index in [2.05, 4.69) is 5.32 Å². The average Bonchev–Trinajstić information content (AvgIpc) is 2.25. The third kappa shape index (κ3) is 3.16. The largest absolute Gasteiger partial charge is 0.368 e. The number of primary amides is 1. The van der Waals surface area contributed by atoms with E-state index >= 15 is 0 Å². The van der Waals surface area contributed by atoms with E-state index in [9.17, 15) is 18.0 Å². The lowest BCUT2D eigenvalue weighted by Crippen LogP contribution is -2.60. The highest BCUT2D eigenvalue weighted by Gasteiger charge is 2.36. The van der Waals surface area contributed by atoms with E-state index in [1.54, 1.807) is 0 Å². The number of nitrogens with one attached hydrogen (secondary N) is 1. The van der Waals surface area contributed by atoms with Crippen molar-refractivity contribution in [3.05, 3.63) is 0 Å². The summed E-state index contributed by atoms with van der Waals surface area (Å²) >= 11 is 0. The van der Waals surface area contributed by atoms with Crippen LogP contribution in [0.3, 0.4) is 0 Å². The topological polar surface area (TPSA) is 110 Å². The number of rotatable bonds is 3. The average molecular weight is 263 g/mol. The second-order valence-corrected chi connectivity index (χ2v) is 6.49. The zero-order valence-corrected chi connectivity index (χ0v) is 10.7. The lowest BCUT2D eigenvalue weighted by Gasteiger charge is -2.35. The van der Waals surface area contributed by atoms with Crippen LogP contribution in [0.1, 0.15) is 6.92 Å². The van der Waals surface area contributed by atoms with Crippen LogP contribution >= 0.6 is 0 Å². The fourth-order valence-corrected chi connectivity index (χ4v) is 2.14. The molecule has 3 N–H and O–H groups in total. The molecule has 1 rings (SSSR count). The molecule has 1 aliphatic rings. The van der Waals surface area contributed by atoms with Crippen molar-refractivity contribution in [2.45, 2.75) is 18.2 Å². The summed E-state index contributed by atoms with van der Waals surface area (Å²) in [5.74, 6) is -1.20. The number of piperazine rings is 1. The molecule has 7 nitrogen and oxygen atoms in total. The fraction of sp³-hybridized carbons (Fsp3) is 0.778. The first-order valence-corrected chi connectivity index (χ1v) is 7.20. The molecule has 0 saturated carbocycles. The molecule has 1 fully saturated rings. The molecule has 0 aromatic heterocycles. The molecule has 0 bridgehead atoms. The summed E-state index contributed by atoms with van der Waals surface area (Å²) in [4.78, 5) is 24.4. The van der Waals surface area contributed by atoms with Gasteiger partial charge in [0.15, 0.2) is 9.84 Å². The van der Waals surface area contributed by atoms with E-state index in [4.69, 9.17) is 5.73 Å². The number of nitrogens with zero attached hydrogens (tertiary/aromatic N) is 1. The van der Waals surface area contributed by atoms with Gasteiger partial charge in [-0.1, -0.05) is 0 Å². The SMILES string of the molecule is CC(C(=O)N1CCNCC1C(N)=O)S(C)(=O)=O. The molecule has 2 unspecified atom stereocenters. The number of carbonyl (C=O) groups excluding carboxylic acids is 2. The van der Waals surface area contributed by atoms with Crippen molar-refractivity contribution in [1.29, 1.82) is 0 Å². The zero-order chi connectivity index (χ0) is 13.2. The van der Waals surface area contributed by atoms with Crippen molar-refractivity contribution in [3.8, 4) is 0 Å². The zero-order valence-electron chi connectivity index (χ0n) is 9.84. The van der Waals surface area contributed by atoms with Gasteiger partial charge in [-0.05, 0) is 6.92 Å². The maximum Gasteiger partial charge on any atom is 0.241 e. The first-order valence-electron chi connectivity index (χ1n) is 5.24. The van der Waals surface area contributed by atoms with Crippen LogP contribution in [0.4, 0.5) is 0 Å². The van der Waals surface area contributed by atoms with Crippen LogP contribution in [-0.2, 0) is 19.4 Å². The minimum atomic E-state index is -3.46. The van der Waals surface area contributed by atoms with Gasteiger partial charge in [0.25, 0.3) is 0 Å². The van der Waals surface area contributed by atoms with Gasteiger partial charge in [-0.25, -0.2) is 8.42 Å². The van der Waals surface area contributed by atoms with Crippen LogP contribution in [0.2, 0.25) is 0 Å². The van der Waals surface area contributed by atoms with Gasteiger partial charge in [0.1, 0.15) is 11.3 Å². The predicted octanol–water partition coefficient (Wildman–Crippen LogP) is -2.29. The first kappa shape index (κ1) is 13.9. The highest BCUT2D eigenvalue weighted by Crippen LogP contribution is 2.10. The van der Waals surface area contributed by atoms with Crippen molar-refractivity contribution in [1.82, 2.24) is 10.2 Å². The molecule has 17 heavy (non-hydrogen) atoms. The first-order chi connectivity index (χ1) is 7.75. The van der Waals surface area contributed by atoms with Crippen molar-refractivity contribution in [2.24, 2.45) is 5.73 Å². The second-order valence-electron chi connectivity index (χ2n) is 4.13. The molecule has 98 valence electrons. The molecule has 0 aliphatic carbocycles. The van der Waals surface area contributed by atoms with E-state index in [0.717, 1.165) is 6.26 Å². The molecular weight excluding hydrogens is 246 g/mol. The summed E-state index contributed by atoms with van der Waals surface area (Å²) < 4.78 is 22.6. The normalized spacial score (nSPS) is 23.2. The lowest BCUT2D eigenvalue weighted by atomic mass is 10.1. The summed E-state index contributed by atoms with van der Waals surface area (Å²) in [6.07, 6.45) is 0.997. The molecule has 2 amide bonds. The van der Waals surface area contributed by atoms with Gasteiger partial charge in [-0.15, -0.1) is 0 Å². The third-order valence-electron chi connectivity index (χ3n) is 2.84. The van der Waals surface area contributed by atoms with Gasteiger partial charge in [-0.3, -0.25) is 9.59 Å². The van der Waals surface area contributed by atoms with Crippen LogP contribution in [0.5, 0.6) is 0 Å². The van der Waals surface area contributed by atoms with E-state index in [1.165, 1.54) is 11.8 Å². The Morgan fingerprint density at radius 2 is 2.06 bits per heavy atom. The van der Waals surface area contributed by atoms with E-state index in [1.807, 2.05) is 0 Å². The van der Waals surface area contributed by atoms with Gasteiger partial charge in [0.05, 0.1) is 0 Å². The monoisotopic (exact) mass is 263 g/mol. The Labute approximate surface area is 100 Å². The van der Waals surface area contributed by atoms with E-state index < -0.39 is 32.9 Å². The highest BCUT2D eigenvalue weighted by molar-refractivity contribution is 7.92. The Kier molecular flexibility index (Phi) is 4.10. The van der Waals surface area contributed by atoms with Crippen molar-refractivity contribution in [3.63, 3.8) is 0 Å².